The Morgan fingerprint density at radius 3 is 1.72 bits per heavy atom. The van der Waals surface area contributed by atoms with Gasteiger partial charge < -0.3 is 0 Å². The number of anilines is 2. The first-order valence-corrected chi connectivity index (χ1v) is 9.33. The lowest BCUT2D eigenvalue weighted by Crippen LogP contribution is -2.39. The third-order valence-corrected chi connectivity index (χ3v) is 4.70. The van der Waals surface area contributed by atoms with Crippen molar-refractivity contribution in [3.05, 3.63) is 96.3 Å². The first-order valence-electron chi connectivity index (χ1n) is 7.68. The number of halogens is 1. The van der Waals surface area contributed by atoms with Crippen molar-refractivity contribution in [2.45, 2.75) is 5.75 Å². The zero-order valence-electron chi connectivity index (χ0n) is 13.3. The number of rotatable bonds is 6. The SMILES string of the molecule is O=S(=O)(Cc1ccc(F)cc1)NN(c1ccccc1)c1ccccc1. The molecule has 0 fully saturated rings. The number of hydrogen-bond donors (Lipinski definition) is 1. The topological polar surface area (TPSA) is 49.4 Å². The summed E-state index contributed by atoms with van der Waals surface area (Å²) in [6.07, 6.45) is 0. The molecule has 0 saturated carbocycles. The van der Waals surface area contributed by atoms with Crippen LogP contribution in [0, 0.1) is 5.82 Å². The Bertz CT molecular complexity index is 875. The quantitative estimate of drug-likeness (QED) is 0.679. The second-order valence-electron chi connectivity index (χ2n) is 5.48. The van der Waals surface area contributed by atoms with Crippen molar-refractivity contribution in [1.82, 2.24) is 4.83 Å². The normalized spacial score (nSPS) is 11.2. The summed E-state index contributed by atoms with van der Waals surface area (Å²) < 4.78 is 38.2. The number of para-hydroxylation sites is 2. The maximum absolute atomic E-state index is 13.0. The van der Waals surface area contributed by atoms with Gasteiger partial charge in [-0.1, -0.05) is 48.5 Å². The van der Waals surface area contributed by atoms with Crippen molar-refractivity contribution < 1.29 is 12.8 Å². The molecule has 0 spiro atoms. The Morgan fingerprint density at radius 1 is 0.760 bits per heavy atom. The Morgan fingerprint density at radius 2 is 1.24 bits per heavy atom. The van der Waals surface area contributed by atoms with Crippen LogP contribution in [0.15, 0.2) is 84.9 Å². The average Bonchev–Trinajstić information content (AvgIpc) is 2.63. The zero-order chi connectivity index (χ0) is 17.7. The molecule has 3 aromatic carbocycles. The van der Waals surface area contributed by atoms with Crippen molar-refractivity contribution in [3.63, 3.8) is 0 Å². The van der Waals surface area contributed by atoms with Gasteiger partial charge in [0.2, 0.25) is 10.0 Å². The van der Waals surface area contributed by atoms with Gasteiger partial charge in [-0.25, -0.2) is 12.8 Å². The van der Waals surface area contributed by atoms with E-state index in [1.54, 1.807) is 0 Å². The van der Waals surface area contributed by atoms with E-state index in [2.05, 4.69) is 4.83 Å². The van der Waals surface area contributed by atoms with E-state index < -0.39 is 15.8 Å². The highest BCUT2D eigenvalue weighted by Gasteiger charge is 2.18. The standard InChI is InChI=1S/C19H17FN2O2S/c20-17-13-11-16(12-14-17)15-25(23,24)21-22(18-7-3-1-4-8-18)19-9-5-2-6-10-19/h1-14,21H,15H2. The summed E-state index contributed by atoms with van der Waals surface area (Å²) >= 11 is 0. The van der Waals surface area contributed by atoms with Gasteiger partial charge in [0.1, 0.15) is 5.82 Å². The molecule has 0 aromatic heterocycles. The molecular formula is C19H17FN2O2S. The fourth-order valence-electron chi connectivity index (χ4n) is 2.38. The van der Waals surface area contributed by atoms with Gasteiger partial charge >= 0.3 is 0 Å². The second kappa shape index (κ2) is 7.46. The molecule has 4 nitrogen and oxygen atoms in total. The first-order chi connectivity index (χ1) is 12.0. The summed E-state index contributed by atoms with van der Waals surface area (Å²) in [4.78, 5) is 2.60. The number of hydrogen-bond acceptors (Lipinski definition) is 3. The molecule has 0 aliphatic heterocycles. The second-order valence-corrected chi connectivity index (χ2v) is 7.18. The molecule has 0 amide bonds. The number of benzene rings is 3. The Hall–Kier alpha value is -2.70. The molecule has 3 aromatic rings. The van der Waals surface area contributed by atoms with Gasteiger partial charge in [-0.3, -0.25) is 5.01 Å². The molecule has 0 saturated heterocycles. The summed E-state index contributed by atoms with van der Waals surface area (Å²) in [5.41, 5.74) is 1.89. The van der Waals surface area contributed by atoms with Gasteiger partial charge in [0, 0.05) is 0 Å². The maximum atomic E-state index is 13.0. The maximum Gasteiger partial charge on any atom is 0.233 e. The summed E-state index contributed by atoms with van der Waals surface area (Å²) in [7, 11) is -3.69. The predicted octanol–water partition coefficient (Wildman–Crippen LogP) is 4.00. The van der Waals surface area contributed by atoms with E-state index in [1.165, 1.54) is 29.3 Å². The highest BCUT2D eigenvalue weighted by atomic mass is 32.2. The average molecular weight is 356 g/mol. The van der Waals surface area contributed by atoms with Crippen molar-refractivity contribution >= 4 is 21.4 Å². The lowest BCUT2D eigenvalue weighted by atomic mass is 10.2. The van der Waals surface area contributed by atoms with E-state index in [1.807, 2.05) is 60.7 Å². The van der Waals surface area contributed by atoms with Gasteiger partial charge in [0.05, 0.1) is 17.1 Å². The summed E-state index contributed by atoms with van der Waals surface area (Å²) in [5.74, 6) is -0.645. The highest BCUT2D eigenvalue weighted by Crippen LogP contribution is 2.23. The van der Waals surface area contributed by atoms with Crippen LogP contribution in [0.2, 0.25) is 0 Å². The van der Waals surface area contributed by atoms with Crippen molar-refractivity contribution in [2.24, 2.45) is 0 Å². The van der Waals surface area contributed by atoms with Crippen LogP contribution in [0.25, 0.3) is 0 Å². The summed E-state index contributed by atoms with van der Waals surface area (Å²) in [6.45, 7) is 0. The minimum Gasteiger partial charge on any atom is -0.263 e. The molecule has 0 unspecified atom stereocenters. The molecular weight excluding hydrogens is 339 g/mol. The van der Waals surface area contributed by atoms with Crippen LogP contribution in [0.3, 0.4) is 0 Å². The van der Waals surface area contributed by atoms with Crippen LogP contribution in [-0.2, 0) is 15.8 Å². The molecule has 128 valence electrons. The minimum atomic E-state index is -3.69. The molecule has 0 radical (unpaired) electrons. The highest BCUT2D eigenvalue weighted by molar-refractivity contribution is 7.88. The Kier molecular flexibility index (Phi) is 5.11. The van der Waals surface area contributed by atoms with E-state index in [0.29, 0.717) is 16.9 Å². The molecule has 25 heavy (non-hydrogen) atoms. The number of hydrazine groups is 1. The van der Waals surface area contributed by atoms with Crippen molar-refractivity contribution in [1.29, 1.82) is 0 Å². The summed E-state index contributed by atoms with van der Waals surface area (Å²) in [6, 6.07) is 23.7. The van der Waals surface area contributed by atoms with Gasteiger partial charge in [0.15, 0.2) is 0 Å². The predicted molar refractivity (Wildman–Crippen MR) is 97.2 cm³/mol. The van der Waals surface area contributed by atoms with E-state index in [-0.39, 0.29) is 5.75 Å². The third kappa shape index (κ3) is 4.65. The third-order valence-electron chi connectivity index (χ3n) is 3.53. The van der Waals surface area contributed by atoms with Gasteiger partial charge in [-0.05, 0) is 42.0 Å². The van der Waals surface area contributed by atoms with Crippen molar-refractivity contribution in [2.75, 3.05) is 5.01 Å². The molecule has 0 heterocycles. The molecule has 1 N–H and O–H groups in total. The van der Waals surface area contributed by atoms with Crippen LogP contribution in [-0.4, -0.2) is 8.42 Å². The molecule has 3 rings (SSSR count). The number of nitrogens with one attached hydrogen (secondary N) is 1. The number of sulfonamides is 1. The molecule has 6 heteroatoms. The lowest BCUT2D eigenvalue weighted by Gasteiger charge is -2.25. The molecule has 0 aliphatic rings. The monoisotopic (exact) mass is 356 g/mol. The van der Waals surface area contributed by atoms with E-state index in [9.17, 15) is 12.8 Å². The van der Waals surface area contributed by atoms with Crippen LogP contribution >= 0.6 is 0 Å². The van der Waals surface area contributed by atoms with Gasteiger partial charge in [-0.2, -0.15) is 0 Å². The minimum absolute atomic E-state index is 0.247. The van der Waals surface area contributed by atoms with E-state index >= 15 is 0 Å². The van der Waals surface area contributed by atoms with Gasteiger partial charge in [0.25, 0.3) is 0 Å². The largest absolute Gasteiger partial charge is 0.263 e. The lowest BCUT2D eigenvalue weighted by molar-refractivity contribution is 0.581. The van der Waals surface area contributed by atoms with Gasteiger partial charge in [-0.15, -0.1) is 4.83 Å². The zero-order valence-corrected chi connectivity index (χ0v) is 14.2. The molecule has 0 bridgehead atoms. The smallest absolute Gasteiger partial charge is 0.233 e. The first kappa shape index (κ1) is 17.1. The fourth-order valence-corrected chi connectivity index (χ4v) is 3.56. The van der Waals surface area contributed by atoms with Crippen molar-refractivity contribution in [3.8, 4) is 0 Å². The van der Waals surface area contributed by atoms with Crippen LogP contribution in [0.1, 0.15) is 5.56 Å². The Balaban J connectivity index is 1.88. The van der Waals surface area contributed by atoms with Crippen LogP contribution < -0.4 is 9.84 Å². The number of nitrogens with zero attached hydrogens (tertiary/aromatic N) is 1. The molecule has 0 atom stereocenters. The molecule has 0 aliphatic carbocycles. The van der Waals surface area contributed by atoms with Crippen LogP contribution in [0.4, 0.5) is 15.8 Å². The fraction of sp³-hybridized carbons (Fsp3) is 0.0526. The van der Waals surface area contributed by atoms with E-state index in [0.717, 1.165) is 0 Å². The Labute approximate surface area is 146 Å². The van der Waals surface area contributed by atoms with Crippen LogP contribution in [0.5, 0.6) is 0 Å². The summed E-state index contributed by atoms with van der Waals surface area (Å²) in [5, 5.41) is 1.51. The van der Waals surface area contributed by atoms with E-state index in [4.69, 9.17) is 0 Å².